The van der Waals surface area contributed by atoms with E-state index in [1.807, 2.05) is 24.1 Å². The number of anilines is 3. The van der Waals surface area contributed by atoms with Gasteiger partial charge in [-0.25, -0.2) is 14.2 Å². The maximum Gasteiger partial charge on any atom is 0.319 e. The maximum atomic E-state index is 14.8. The highest BCUT2D eigenvalue weighted by molar-refractivity contribution is 5.89. The molecule has 0 unspecified atom stereocenters. The molecule has 2 aromatic rings. The molecule has 2 heterocycles. The molecule has 2 fully saturated rings. The standard InChI is InChI=1S/C24H32FN5O2/c1-29(20-7-3-2-4-8-20)22-10-9-19(16-21(22)25)28-24(31)27-17-18-6-5-11-26-23(18)30-12-14-32-15-13-30/h5-6,9-11,16,20H,2-4,7-8,12-15,17H2,1H3,(H2,27,28,31). The Kier molecular flexibility index (Phi) is 7.42. The SMILES string of the molecule is CN(c1ccc(NC(=O)NCc2cccnc2N2CCOCC2)cc1F)C1CCCCC1. The van der Waals surface area contributed by atoms with Gasteiger partial charge in [-0.3, -0.25) is 0 Å². The summed E-state index contributed by atoms with van der Waals surface area (Å²) in [7, 11) is 1.95. The summed E-state index contributed by atoms with van der Waals surface area (Å²) in [6.45, 7) is 3.22. The van der Waals surface area contributed by atoms with Crippen LogP contribution < -0.4 is 20.4 Å². The van der Waals surface area contributed by atoms with Crippen LogP contribution in [0.25, 0.3) is 0 Å². The summed E-state index contributed by atoms with van der Waals surface area (Å²) in [4.78, 5) is 21.1. The number of hydrogen-bond donors (Lipinski definition) is 2. The number of halogens is 1. The molecule has 2 aliphatic rings. The van der Waals surface area contributed by atoms with Crippen LogP contribution >= 0.6 is 0 Å². The highest BCUT2D eigenvalue weighted by Crippen LogP contribution is 2.29. The van der Waals surface area contributed by atoms with Crippen LogP contribution in [-0.2, 0) is 11.3 Å². The topological polar surface area (TPSA) is 69.7 Å². The summed E-state index contributed by atoms with van der Waals surface area (Å²) in [5.74, 6) is 0.537. The molecule has 1 saturated heterocycles. The van der Waals surface area contributed by atoms with Crippen molar-refractivity contribution in [1.29, 1.82) is 0 Å². The van der Waals surface area contributed by atoms with Crippen molar-refractivity contribution < 1.29 is 13.9 Å². The molecule has 1 aliphatic heterocycles. The first-order valence-electron chi connectivity index (χ1n) is 11.5. The molecule has 32 heavy (non-hydrogen) atoms. The first-order valence-corrected chi connectivity index (χ1v) is 11.5. The minimum Gasteiger partial charge on any atom is -0.378 e. The summed E-state index contributed by atoms with van der Waals surface area (Å²) in [5.41, 5.74) is 1.94. The Balaban J connectivity index is 1.34. The molecule has 0 atom stereocenters. The Bertz CT molecular complexity index is 913. The van der Waals surface area contributed by atoms with E-state index < -0.39 is 0 Å². The molecule has 8 heteroatoms. The number of morpholine rings is 1. The number of hydrogen-bond acceptors (Lipinski definition) is 5. The third-order valence-electron chi connectivity index (χ3n) is 6.33. The molecular formula is C24H32FN5O2. The number of ether oxygens (including phenoxy) is 1. The van der Waals surface area contributed by atoms with E-state index in [0.717, 1.165) is 37.3 Å². The normalized spacial score (nSPS) is 17.1. The van der Waals surface area contributed by atoms with Gasteiger partial charge in [0.1, 0.15) is 11.6 Å². The van der Waals surface area contributed by atoms with Crippen LogP contribution in [0.15, 0.2) is 36.5 Å². The average molecular weight is 442 g/mol. The van der Waals surface area contributed by atoms with Gasteiger partial charge in [0, 0.05) is 50.2 Å². The van der Waals surface area contributed by atoms with E-state index >= 15 is 0 Å². The number of carbonyl (C=O) groups excluding carboxylic acids is 1. The summed E-state index contributed by atoms with van der Waals surface area (Å²) in [5, 5.41) is 5.59. The zero-order valence-corrected chi connectivity index (χ0v) is 18.6. The van der Waals surface area contributed by atoms with Gasteiger partial charge >= 0.3 is 6.03 Å². The van der Waals surface area contributed by atoms with Gasteiger partial charge < -0.3 is 25.2 Å². The first-order chi connectivity index (χ1) is 15.6. The van der Waals surface area contributed by atoms with Crippen molar-refractivity contribution in [2.45, 2.75) is 44.7 Å². The smallest absolute Gasteiger partial charge is 0.319 e. The van der Waals surface area contributed by atoms with Crippen LogP contribution in [-0.4, -0.2) is 50.4 Å². The van der Waals surface area contributed by atoms with Gasteiger partial charge in [0.25, 0.3) is 0 Å². The van der Waals surface area contributed by atoms with Crippen LogP contribution in [0.1, 0.15) is 37.7 Å². The number of amides is 2. The predicted molar refractivity (Wildman–Crippen MR) is 125 cm³/mol. The van der Waals surface area contributed by atoms with Gasteiger partial charge in [-0.2, -0.15) is 0 Å². The largest absolute Gasteiger partial charge is 0.378 e. The lowest BCUT2D eigenvalue weighted by molar-refractivity contribution is 0.122. The molecular weight excluding hydrogens is 409 g/mol. The fourth-order valence-electron chi connectivity index (χ4n) is 4.51. The number of benzene rings is 1. The van der Waals surface area contributed by atoms with Crippen LogP contribution in [0, 0.1) is 5.82 Å². The zero-order valence-electron chi connectivity index (χ0n) is 18.6. The molecule has 2 amide bonds. The van der Waals surface area contributed by atoms with Crippen molar-refractivity contribution in [3.05, 3.63) is 47.9 Å². The van der Waals surface area contributed by atoms with Crippen LogP contribution in [0.4, 0.5) is 26.4 Å². The van der Waals surface area contributed by atoms with E-state index in [2.05, 4.69) is 20.5 Å². The van der Waals surface area contributed by atoms with Crippen molar-refractivity contribution in [1.82, 2.24) is 10.3 Å². The molecule has 1 aromatic heterocycles. The summed E-state index contributed by atoms with van der Waals surface area (Å²) in [6, 6.07) is 8.69. The third kappa shape index (κ3) is 5.48. The lowest BCUT2D eigenvalue weighted by Gasteiger charge is -2.33. The Morgan fingerprint density at radius 2 is 2.00 bits per heavy atom. The Hall–Kier alpha value is -2.87. The Morgan fingerprint density at radius 3 is 2.75 bits per heavy atom. The van der Waals surface area contributed by atoms with E-state index in [9.17, 15) is 9.18 Å². The van der Waals surface area contributed by atoms with Crippen molar-refractivity contribution >= 4 is 23.2 Å². The van der Waals surface area contributed by atoms with Gasteiger partial charge in [0.15, 0.2) is 0 Å². The number of pyridine rings is 1. The number of carbonyl (C=O) groups is 1. The van der Waals surface area contributed by atoms with Gasteiger partial charge in [0.05, 0.1) is 18.9 Å². The lowest BCUT2D eigenvalue weighted by Crippen LogP contribution is -2.38. The first kappa shape index (κ1) is 22.3. The molecule has 1 aliphatic carbocycles. The van der Waals surface area contributed by atoms with E-state index in [-0.39, 0.29) is 11.8 Å². The Morgan fingerprint density at radius 1 is 1.22 bits per heavy atom. The monoisotopic (exact) mass is 441 g/mol. The van der Waals surface area contributed by atoms with Crippen molar-refractivity contribution in [3.63, 3.8) is 0 Å². The van der Waals surface area contributed by atoms with Gasteiger partial charge in [-0.05, 0) is 37.1 Å². The van der Waals surface area contributed by atoms with Crippen molar-refractivity contribution in [2.75, 3.05) is 48.5 Å². The Labute approximate surface area is 189 Å². The lowest BCUT2D eigenvalue weighted by atomic mass is 9.94. The summed E-state index contributed by atoms with van der Waals surface area (Å²) >= 11 is 0. The highest BCUT2D eigenvalue weighted by atomic mass is 19.1. The summed E-state index contributed by atoms with van der Waals surface area (Å²) in [6.07, 6.45) is 7.60. The molecule has 7 nitrogen and oxygen atoms in total. The molecule has 0 bridgehead atoms. The number of rotatable bonds is 6. The number of urea groups is 1. The van der Waals surface area contributed by atoms with Crippen LogP contribution in [0.3, 0.4) is 0 Å². The van der Waals surface area contributed by atoms with Crippen molar-refractivity contribution in [3.8, 4) is 0 Å². The van der Waals surface area contributed by atoms with Gasteiger partial charge in [-0.15, -0.1) is 0 Å². The molecule has 0 spiro atoms. The average Bonchev–Trinajstić information content (AvgIpc) is 2.84. The number of aromatic nitrogens is 1. The minimum atomic E-state index is -0.380. The number of nitrogens with zero attached hydrogens (tertiary/aromatic N) is 3. The van der Waals surface area contributed by atoms with E-state index in [0.29, 0.717) is 37.2 Å². The second kappa shape index (κ2) is 10.6. The van der Waals surface area contributed by atoms with E-state index in [4.69, 9.17) is 4.74 Å². The van der Waals surface area contributed by atoms with Crippen LogP contribution in [0.5, 0.6) is 0 Å². The maximum absolute atomic E-state index is 14.8. The van der Waals surface area contributed by atoms with Crippen molar-refractivity contribution in [2.24, 2.45) is 0 Å². The molecule has 172 valence electrons. The second-order valence-electron chi connectivity index (χ2n) is 8.46. The predicted octanol–water partition coefficient (Wildman–Crippen LogP) is 4.15. The molecule has 2 N–H and O–H groups in total. The second-order valence-corrected chi connectivity index (χ2v) is 8.46. The van der Waals surface area contributed by atoms with Crippen LogP contribution in [0.2, 0.25) is 0 Å². The fourth-order valence-corrected chi connectivity index (χ4v) is 4.51. The van der Waals surface area contributed by atoms with Gasteiger partial charge in [0.2, 0.25) is 0 Å². The molecule has 0 radical (unpaired) electrons. The quantitative estimate of drug-likeness (QED) is 0.705. The minimum absolute atomic E-state index is 0.322. The van der Waals surface area contributed by atoms with E-state index in [1.165, 1.54) is 25.3 Å². The summed E-state index contributed by atoms with van der Waals surface area (Å²) < 4.78 is 20.2. The molecule has 1 aromatic carbocycles. The fraction of sp³-hybridized carbons (Fsp3) is 0.500. The van der Waals surface area contributed by atoms with E-state index in [1.54, 1.807) is 18.3 Å². The third-order valence-corrected chi connectivity index (χ3v) is 6.33. The van der Waals surface area contributed by atoms with Gasteiger partial charge in [-0.1, -0.05) is 25.3 Å². The highest BCUT2D eigenvalue weighted by Gasteiger charge is 2.21. The molecule has 1 saturated carbocycles. The number of nitrogens with one attached hydrogen (secondary N) is 2. The molecule has 4 rings (SSSR count). The zero-order chi connectivity index (χ0) is 22.3.